The second-order valence-corrected chi connectivity index (χ2v) is 0. The second kappa shape index (κ2) is 16.3. The van der Waals surface area contributed by atoms with Crippen molar-refractivity contribution in [1.29, 1.82) is 0 Å². The third-order valence-electron chi connectivity index (χ3n) is 0. The molecule has 0 spiro atoms. The van der Waals surface area contributed by atoms with Crippen molar-refractivity contribution in [2.75, 3.05) is 0 Å². The molecule has 4 heteroatoms. The van der Waals surface area contributed by atoms with Gasteiger partial charge in [-0.15, -0.1) is 0 Å². The van der Waals surface area contributed by atoms with E-state index in [-0.39, 0.29) is 106 Å². The van der Waals surface area contributed by atoms with Crippen LogP contribution in [-0.2, 0) is 22.5 Å². The van der Waals surface area contributed by atoms with Crippen LogP contribution in [0.2, 0.25) is 0 Å². The van der Waals surface area contributed by atoms with Crippen molar-refractivity contribution in [2.24, 2.45) is 0 Å². The van der Waals surface area contributed by atoms with Crippen molar-refractivity contribution in [1.82, 2.24) is 0 Å². The van der Waals surface area contributed by atoms with Crippen molar-refractivity contribution in [3.8, 4) is 0 Å². The predicted octanol–water partition coefficient (Wildman–Crippen LogP) is -1.95. The van der Waals surface area contributed by atoms with E-state index in [9.17, 15) is 0 Å². The fourth-order valence-electron chi connectivity index (χ4n) is 0. The molecule has 0 aliphatic carbocycles. The average Bonchev–Trinajstić information content (AvgIpc) is 0. The summed E-state index contributed by atoms with van der Waals surface area (Å²) in [4.78, 5) is 0. The average molecular weight is 203 g/mol. The van der Waals surface area contributed by atoms with Crippen LogP contribution in [-0.4, -0.2) is 83.2 Å². The third-order valence-corrected chi connectivity index (χ3v) is 0. The van der Waals surface area contributed by atoms with E-state index >= 15 is 0 Å². The third kappa shape index (κ3) is 8.97. The van der Waals surface area contributed by atoms with Crippen molar-refractivity contribution in [3.63, 3.8) is 0 Å². The SMILES string of the molecule is [CaH2].[Mn+2].[O-2].[SrH2]. The van der Waals surface area contributed by atoms with Gasteiger partial charge < -0.3 is 5.48 Å². The molecule has 0 saturated carbocycles. The molecule has 4 heavy (non-hydrogen) atoms. The first-order chi connectivity index (χ1) is 0. The zero-order valence-corrected chi connectivity index (χ0v) is 1.97. The molecule has 0 aromatic carbocycles. The molecule has 1 radical (unpaired) electrons. The molecule has 0 aromatic heterocycles. The molecule has 0 aliphatic rings. The Labute approximate surface area is 103 Å². The van der Waals surface area contributed by atoms with Crippen molar-refractivity contribution in [3.05, 3.63) is 0 Å². The summed E-state index contributed by atoms with van der Waals surface area (Å²) in [6.45, 7) is 0. The number of rotatable bonds is 0. The monoisotopic (exact) mass is 203 g/mol. The van der Waals surface area contributed by atoms with Gasteiger partial charge in [0.1, 0.15) is 0 Å². The Morgan fingerprint density at radius 3 is 1.00 bits per heavy atom. The van der Waals surface area contributed by atoms with E-state index in [1.54, 1.807) is 0 Å². The van der Waals surface area contributed by atoms with Gasteiger partial charge in [0.15, 0.2) is 0 Å². The molecular weight excluding hydrogens is 199 g/mol. The second-order valence-electron chi connectivity index (χ2n) is 0. The van der Waals surface area contributed by atoms with Gasteiger partial charge in [0.25, 0.3) is 0 Å². The zero-order valence-electron chi connectivity index (χ0n) is 0.786. The van der Waals surface area contributed by atoms with Crippen LogP contribution in [0.4, 0.5) is 0 Å². The quantitative estimate of drug-likeness (QED) is 0.409. The normalized spacial score (nSPS) is 0. The molecule has 0 rings (SSSR count). The van der Waals surface area contributed by atoms with Gasteiger partial charge in [-0.1, -0.05) is 0 Å². The van der Waals surface area contributed by atoms with E-state index < -0.39 is 0 Å². The number of hydrogen-bond donors (Lipinski definition) is 0. The predicted molar refractivity (Wildman–Crippen MR) is 17.8 cm³/mol. The van der Waals surface area contributed by atoms with E-state index in [4.69, 9.17) is 0 Å². The minimum atomic E-state index is 0. The standard InChI is InChI=1S/Ca.Mn.O.Sr.4H/q;+2;-2;;;;;. The molecule has 0 amide bonds. The van der Waals surface area contributed by atoms with Gasteiger partial charge in [0.2, 0.25) is 0 Å². The molecule has 0 unspecified atom stereocenters. The molecule has 1 nitrogen and oxygen atoms in total. The summed E-state index contributed by atoms with van der Waals surface area (Å²) in [7, 11) is 0. The van der Waals surface area contributed by atoms with Gasteiger partial charge in [-0.2, -0.15) is 0 Å². The fraction of sp³-hybridized carbons (Fsp3) is 0. The Morgan fingerprint density at radius 1 is 1.00 bits per heavy atom. The molecule has 0 fully saturated rings. The van der Waals surface area contributed by atoms with Crippen molar-refractivity contribution < 1.29 is 22.5 Å². The van der Waals surface area contributed by atoms with Gasteiger partial charge in [0, 0.05) is 0 Å². The van der Waals surface area contributed by atoms with Crippen LogP contribution in [0.1, 0.15) is 0 Å². The van der Waals surface area contributed by atoms with Crippen LogP contribution >= 0.6 is 0 Å². The Morgan fingerprint density at radius 2 is 1.00 bits per heavy atom. The molecule has 0 saturated heterocycles. The van der Waals surface area contributed by atoms with E-state index in [2.05, 4.69) is 0 Å². The molecule has 21 valence electrons. The Hall–Kier alpha value is 3.22. The van der Waals surface area contributed by atoms with Crippen LogP contribution in [0.5, 0.6) is 0 Å². The summed E-state index contributed by atoms with van der Waals surface area (Å²) < 4.78 is 0. The van der Waals surface area contributed by atoms with Crippen molar-refractivity contribution >= 4 is 83.2 Å². The maximum atomic E-state index is 0. The van der Waals surface area contributed by atoms with Gasteiger partial charge >= 0.3 is 100 Å². The molecule has 0 aliphatic heterocycles. The van der Waals surface area contributed by atoms with E-state index in [1.165, 1.54) is 0 Å². The van der Waals surface area contributed by atoms with Crippen LogP contribution < -0.4 is 0 Å². The molecule has 0 atom stereocenters. The van der Waals surface area contributed by atoms with Crippen LogP contribution in [0.25, 0.3) is 0 Å². The molecular formula is H4CaMnOSr. The first kappa shape index (κ1) is 26.9. The van der Waals surface area contributed by atoms with Crippen molar-refractivity contribution in [2.45, 2.75) is 0 Å². The Balaban J connectivity index is 0. The summed E-state index contributed by atoms with van der Waals surface area (Å²) in [5.74, 6) is 0. The van der Waals surface area contributed by atoms with E-state index in [0.717, 1.165) is 0 Å². The Kier molecular flexibility index (Phi) is 110. The summed E-state index contributed by atoms with van der Waals surface area (Å²) in [5.41, 5.74) is 0. The summed E-state index contributed by atoms with van der Waals surface area (Å²) in [6, 6.07) is 0. The molecule has 0 heterocycles. The van der Waals surface area contributed by atoms with Gasteiger partial charge in [-0.3, -0.25) is 0 Å². The van der Waals surface area contributed by atoms with Crippen LogP contribution in [0.15, 0.2) is 0 Å². The van der Waals surface area contributed by atoms with Gasteiger partial charge in [0.05, 0.1) is 0 Å². The first-order valence-electron chi connectivity index (χ1n) is 0. The van der Waals surface area contributed by atoms with Gasteiger partial charge in [-0.25, -0.2) is 0 Å². The van der Waals surface area contributed by atoms with E-state index in [1.807, 2.05) is 0 Å². The molecule has 0 aromatic rings. The minimum absolute atomic E-state index is 0. The topological polar surface area (TPSA) is 28.5 Å². The fourth-order valence-corrected chi connectivity index (χ4v) is 0. The first-order valence-corrected chi connectivity index (χ1v) is 0. The van der Waals surface area contributed by atoms with Gasteiger partial charge in [-0.05, 0) is 0 Å². The maximum absolute atomic E-state index is 0. The molecule has 0 N–H and O–H groups in total. The molecule has 0 bridgehead atoms. The Bertz CT molecular complexity index is 8.00. The zero-order chi connectivity index (χ0) is 0. The van der Waals surface area contributed by atoms with Crippen LogP contribution in [0, 0.1) is 0 Å². The summed E-state index contributed by atoms with van der Waals surface area (Å²) in [5, 5.41) is 0. The summed E-state index contributed by atoms with van der Waals surface area (Å²) >= 11 is 0. The summed E-state index contributed by atoms with van der Waals surface area (Å²) in [6.07, 6.45) is 0. The van der Waals surface area contributed by atoms with E-state index in [0.29, 0.717) is 0 Å². The van der Waals surface area contributed by atoms with Crippen LogP contribution in [0.3, 0.4) is 0 Å². The number of hydrogen-bond acceptors (Lipinski definition) is 0.